The second kappa shape index (κ2) is 5.91. The summed E-state index contributed by atoms with van der Waals surface area (Å²) < 4.78 is 0. The van der Waals surface area contributed by atoms with E-state index in [-0.39, 0.29) is 29.7 Å². The Morgan fingerprint density at radius 2 is 1.64 bits per heavy atom. The fourth-order valence-corrected chi connectivity index (χ4v) is 3.55. The molecular formula is C17H20N2O3. The Balaban J connectivity index is 1.62. The molecule has 1 saturated heterocycles. The van der Waals surface area contributed by atoms with E-state index >= 15 is 0 Å². The highest BCUT2D eigenvalue weighted by atomic mass is 16.2. The van der Waals surface area contributed by atoms with Gasteiger partial charge in [0.15, 0.2) is 0 Å². The molecular weight excluding hydrogens is 280 g/mol. The number of nitrogens with zero attached hydrogens (tertiary/aromatic N) is 1. The summed E-state index contributed by atoms with van der Waals surface area (Å²) in [5.74, 6) is -0.752. The third-order valence-electron chi connectivity index (χ3n) is 4.68. The molecule has 1 aliphatic heterocycles. The molecule has 0 atom stereocenters. The van der Waals surface area contributed by atoms with Crippen LogP contribution in [0.1, 0.15) is 38.5 Å². The zero-order valence-corrected chi connectivity index (χ0v) is 12.5. The van der Waals surface area contributed by atoms with E-state index in [0.29, 0.717) is 18.5 Å². The summed E-state index contributed by atoms with van der Waals surface area (Å²) >= 11 is 0. The molecule has 2 aliphatic rings. The number of hydrogen-bond acceptors (Lipinski definition) is 3. The van der Waals surface area contributed by atoms with Gasteiger partial charge in [0.1, 0.15) is 6.54 Å². The number of nitrogens with one attached hydrogen (secondary N) is 1. The first kappa shape index (κ1) is 14.8. The van der Waals surface area contributed by atoms with Gasteiger partial charge in [-0.3, -0.25) is 19.3 Å². The van der Waals surface area contributed by atoms with E-state index in [1.807, 2.05) is 18.2 Å². The molecule has 22 heavy (non-hydrogen) atoms. The molecule has 5 nitrogen and oxygen atoms in total. The van der Waals surface area contributed by atoms with Gasteiger partial charge in [-0.05, 0) is 30.4 Å². The monoisotopic (exact) mass is 300 g/mol. The third-order valence-corrected chi connectivity index (χ3v) is 4.68. The Labute approximate surface area is 129 Å². The summed E-state index contributed by atoms with van der Waals surface area (Å²) in [7, 11) is 0. The molecule has 1 aromatic rings. The van der Waals surface area contributed by atoms with E-state index in [9.17, 15) is 14.4 Å². The lowest BCUT2D eigenvalue weighted by Crippen LogP contribution is -2.49. The van der Waals surface area contributed by atoms with Crippen LogP contribution in [-0.4, -0.2) is 29.2 Å². The SMILES string of the molecule is O=C(CN1C(=O)CC2(CCCC2)CC1=O)Nc1ccccc1. The van der Waals surface area contributed by atoms with Gasteiger partial charge < -0.3 is 5.32 Å². The Bertz CT molecular complexity index is 571. The van der Waals surface area contributed by atoms with Crippen LogP contribution in [0.25, 0.3) is 0 Å². The molecule has 116 valence electrons. The van der Waals surface area contributed by atoms with E-state index in [0.717, 1.165) is 30.6 Å². The molecule has 3 amide bonds. The molecule has 2 fully saturated rings. The normalized spacial score (nSPS) is 20.5. The van der Waals surface area contributed by atoms with Crippen molar-refractivity contribution in [1.82, 2.24) is 4.90 Å². The van der Waals surface area contributed by atoms with Crippen LogP contribution in [0.15, 0.2) is 30.3 Å². The van der Waals surface area contributed by atoms with Gasteiger partial charge >= 0.3 is 0 Å². The lowest BCUT2D eigenvalue weighted by Gasteiger charge is -2.36. The molecule has 0 aromatic heterocycles. The van der Waals surface area contributed by atoms with Gasteiger partial charge in [-0.15, -0.1) is 0 Å². The Hall–Kier alpha value is -2.17. The molecule has 3 rings (SSSR count). The number of amides is 3. The van der Waals surface area contributed by atoms with Crippen molar-refractivity contribution in [2.45, 2.75) is 38.5 Å². The number of para-hydroxylation sites is 1. The second-order valence-corrected chi connectivity index (χ2v) is 6.35. The average Bonchev–Trinajstić information content (AvgIpc) is 2.92. The van der Waals surface area contributed by atoms with Crippen LogP contribution in [-0.2, 0) is 14.4 Å². The van der Waals surface area contributed by atoms with E-state index < -0.39 is 0 Å². The number of benzene rings is 1. The van der Waals surface area contributed by atoms with Crippen molar-refractivity contribution in [2.24, 2.45) is 5.41 Å². The molecule has 0 unspecified atom stereocenters. The fraction of sp³-hybridized carbons (Fsp3) is 0.471. The minimum Gasteiger partial charge on any atom is -0.325 e. The zero-order chi connectivity index (χ0) is 15.6. The summed E-state index contributed by atoms with van der Waals surface area (Å²) in [5, 5.41) is 2.71. The Kier molecular flexibility index (Phi) is 3.96. The van der Waals surface area contributed by atoms with E-state index in [1.165, 1.54) is 0 Å². The van der Waals surface area contributed by atoms with Crippen molar-refractivity contribution in [3.8, 4) is 0 Å². The molecule has 1 N–H and O–H groups in total. The van der Waals surface area contributed by atoms with Crippen LogP contribution in [0.3, 0.4) is 0 Å². The highest BCUT2D eigenvalue weighted by molar-refractivity contribution is 6.03. The predicted octanol–water partition coefficient (Wildman–Crippen LogP) is 2.33. The van der Waals surface area contributed by atoms with Crippen LogP contribution in [0.5, 0.6) is 0 Å². The fourth-order valence-electron chi connectivity index (χ4n) is 3.55. The van der Waals surface area contributed by atoms with Crippen molar-refractivity contribution < 1.29 is 14.4 Å². The standard InChI is InChI=1S/C17H20N2O3/c20-14(18-13-6-2-1-3-7-13)12-19-15(21)10-17(11-16(19)22)8-4-5-9-17/h1-3,6-7H,4-5,8-12H2,(H,18,20). The number of carbonyl (C=O) groups is 3. The maximum Gasteiger partial charge on any atom is 0.244 e. The van der Waals surface area contributed by atoms with Gasteiger partial charge in [0, 0.05) is 18.5 Å². The van der Waals surface area contributed by atoms with Crippen LogP contribution < -0.4 is 5.32 Å². The topological polar surface area (TPSA) is 66.5 Å². The van der Waals surface area contributed by atoms with E-state index in [1.54, 1.807) is 12.1 Å². The van der Waals surface area contributed by atoms with Gasteiger partial charge in [0.2, 0.25) is 17.7 Å². The summed E-state index contributed by atoms with van der Waals surface area (Å²) in [6, 6.07) is 9.03. The number of hydrogen-bond donors (Lipinski definition) is 1. The maximum atomic E-state index is 12.3. The van der Waals surface area contributed by atoms with Crippen LogP contribution >= 0.6 is 0 Å². The van der Waals surface area contributed by atoms with Crippen molar-refractivity contribution >= 4 is 23.4 Å². The van der Waals surface area contributed by atoms with Crippen molar-refractivity contribution in [3.05, 3.63) is 30.3 Å². The number of anilines is 1. The predicted molar refractivity (Wildman–Crippen MR) is 81.9 cm³/mol. The number of imide groups is 1. The first-order valence-electron chi connectivity index (χ1n) is 7.76. The second-order valence-electron chi connectivity index (χ2n) is 6.35. The largest absolute Gasteiger partial charge is 0.325 e. The summed E-state index contributed by atoms with van der Waals surface area (Å²) in [5.41, 5.74) is 0.539. The van der Waals surface area contributed by atoms with Gasteiger partial charge in [0.05, 0.1) is 0 Å². The van der Waals surface area contributed by atoms with Gasteiger partial charge in [-0.2, -0.15) is 0 Å². The summed E-state index contributed by atoms with van der Waals surface area (Å²) in [6.07, 6.45) is 4.89. The van der Waals surface area contributed by atoms with E-state index in [4.69, 9.17) is 0 Å². The smallest absolute Gasteiger partial charge is 0.244 e. The molecule has 1 saturated carbocycles. The lowest BCUT2D eigenvalue weighted by atomic mass is 9.76. The molecule has 1 heterocycles. The Morgan fingerprint density at radius 1 is 1.05 bits per heavy atom. The maximum absolute atomic E-state index is 12.3. The van der Waals surface area contributed by atoms with E-state index in [2.05, 4.69) is 5.32 Å². The van der Waals surface area contributed by atoms with Crippen LogP contribution in [0.4, 0.5) is 5.69 Å². The third kappa shape index (κ3) is 3.03. The van der Waals surface area contributed by atoms with Crippen molar-refractivity contribution in [3.63, 3.8) is 0 Å². The minimum atomic E-state index is -0.338. The first-order chi connectivity index (χ1) is 10.6. The van der Waals surface area contributed by atoms with Crippen molar-refractivity contribution in [2.75, 3.05) is 11.9 Å². The molecule has 1 aromatic carbocycles. The molecule has 1 spiro atoms. The zero-order valence-electron chi connectivity index (χ0n) is 12.5. The van der Waals surface area contributed by atoms with Crippen LogP contribution in [0.2, 0.25) is 0 Å². The number of carbonyl (C=O) groups excluding carboxylic acids is 3. The van der Waals surface area contributed by atoms with Crippen molar-refractivity contribution in [1.29, 1.82) is 0 Å². The van der Waals surface area contributed by atoms with Gasteiger partial charge in [-0.25, -0.2) is 0 Å². The summed E-state index contributed by atoms with van der Waals surface area (Å²) in [6.45, 7) is -0.192. The highest BCUT2D eigenvalue weighted by Gasteiger charge is 2.45. The summed E-state index contributed by atoms with van der Waals surface area (Å²) in [4.78, 5) is 37.7. The first-order valence-corrected chi connectivity index (χ1v) is 7.76. The number of rotatable bonds is 3. The molecule has 1 aliphatic carbocycles. The molecule has 0 radical (unpaired) electrons. The highest BCUT2D eigenvalue weighted by Crippen LogP contribution is 2.46. The number of likely N-dealkylation sites (tertiary alicyclic amines) is 1. The average molecular weight is 300 g/mol. The van der Waals surface area contributed by atoms with Crippen LogP contribution in [0, 0.1) is 5.41 Å². The molecule has 0 bridgehead atoms. The minimum absolute atomic E-state index is 0.124. The van der Waals surface area contributed by atoms with Gasteiger partial charge in [0.25, 0.3) is 0 Å². The quantitative estimate of drug-likeness (QED) is 0.871. The van der Waals surface area contributed by atoms with Gasteiger partial charge in [-0.1, -0.05) is 31.0 Å². The Morgan fingerprint density at radius 3 is 2.23 bits per heavy atom. The lowest BCUT2D eigenvalue weighted by molar-refractivity contribution is -0.155. The number of piperidine rings is 1. The molecule has 5 heteroatoms.